The fourth-order valence-electron chi connectivity index (χ4n) is 4.10. The van der Waals surface area contributed by atoms with Crippen molar-refractivity contribution in [2.24, 2.45) is 0 Å². The van der Waals surface area contributed by atoms with Crippen molar-refractivity contribution in [1.29, 1.82) is 0 Å². The van der Waals surface area contributed by atoms with E-state index in [1.807, 2.05) is 20.8 Å². The highest BCUT2D eigenvalue weighted by Crippen LogP contribution is 2.43. The average molecular weight is 476 g/mol. The smallest absolute Gasteiger partial charge is 0.300 e. The van der Waals surface area contributed by atoms with Crippen molar-refractivity contribution >= 4 is 23.1 Å². The summed E-state index contributed by atoms with van der Waals surface area (Å²) in [4.78, 5) is 27.9. The van der Waals surface area contributed by atoms with E-state index < -0.39 is 23.5 Å². The number of rotatable bonds is 7. The monoisotopic (exact) mass is 475 g/mol. The number of amides is 1. The number of aliphatic hydroxyl groups is 1. The number of hydrogen-bond donors (Lipinski definition) is 1. The van der Waals surface area contributed by atoms with Gasteiger partial charge in [0.25, 0.3) is 11.7 Å². The van der Waals surface area contributed by atoms with Gasteiger partial charge in [-0.25, -0.2) is 4.39 Å². The average Bonchev–Trinajstić information content (AvgIpc) is 3.10. The van der Waals surface area contributed by atoms with Gasteiger partial charge in [0.05, 0.1) is 24.3 Å². The van der Waals surface area contributed by atoms with Crippen LogP contribution < -0.4 is 14.4 Å². The number of Topliss-reactive ketones (excluding diaryl/α,β-unsaturated/α-hetero) is 1. The minimum absolute atomic E-state index is 0.0845. The molecule has 1 unspecified atom stereocenters. The van der Waals surface area contributed by atoms with E-state index in [0.29, 0.717) is 29.4 Å². The fourth-order valence-corrected chi connectivity index (χ4v) is 4.10. The number of carbonyl (C=O) groups is 2. The lowest BCUT2D eigenvalue weighted by atomic mass is 9.95. The first-order valence-electron chi connectivity index (χ1n) is 11.4. The van der Waals surface area contributed by atoms with Gasteiger partial charge in [-0.15, -0.1) is 0 Å². The number of benzene rings is 3. The lowest BCUT2D eigenvalue weighted by Crippen LogP contribution is -2.29. The second-order valence-corrected chi connectivity index (χ2v) is 8.35. The summed E-state index contributed by atoms with van der Waals surface area (Å²) in [6, 6.07) is 18.1. The van der Waals surface area contributed by atoms with Gasteiger partial charge in [-0.2, -0.15) is 0 Å². The summed E-state index contributed by atoms with van der Waals surface area (Å²) in [6.07, 6.45) is -0.0845. The van der Waals surface area contributed by atoms with Crippen LogP contribution in [0.4, 0.5) is 10.1 Å². The van der Waals surface area contributed by atoms with Crippen LogP contribution in [0.15, 0.2) is 78.4 Å². The topological polar surface area (TPSA) is 76.1 Å². The van der Waals surface area contributed by atoms with Gasteiger partial charge < -0.3 is 14.6 Å². The predicted molar refractivity (Wildman–Crippen MR) is 131 cm³/mol. The van der Waals surface area contributed by atoms with Crippen molar-refractivity contribution in [2.45, 2.75) is 32.9 Å². The molecule has 1 fully saturated rings. The normalized spacial score (nSPS) is 17.2. The summed E-state index contributed by atoms with van der Waals surface area (Å²) in [5.41, 5.74) is 1.15. The van der Waals surface area contributed by atoms with Crippen LogP contribution in [0.3, 0.4) is 0 Å². The highest BCUT2D eigenvalue weighted by atomic mass is 19.1. The van der Waals surface area contributed by atoms with Crippen LogP contribution in [-0.2, 0) is 9.59 Å². The minimum Gasteiger partial charge on any atom is -0.507 e. The van der Waals surface area contributed by atoms with Crippen molar-refractivity contribution in [3.8, 4) is 11.5 Å². The Morgan fingerprint density at radius 1 is 1.00 bits per heavy atom. The molecule has 0 aromatic heterocycles. The van der Waals surface area contributed by atoms with Gasteiger partial charge in [-0.05, 0) is 74.9 Å². The van der Waals surface area contributed by atoms with Gasteiger partial charge in [-0.1, -0.05) is 18.2 Å². The maximum Gasteiger partial charge on any atom is 0.300 e. The Hall–Kier alpha value is -4.13. The summed E-state index contributed by atoms with van der Waals surface area (Å²) in [7, 11) is 0. The van der Waals surface area contributed by atoms with Crippen molar-refractivity contribution in [3.63, 3.8) is 0 Å². The summed E-state index contributed by atoms with van der Waals surface area (Å²) >= 11 is 0. The van der Waals surface area contributed by atoms with E-state index >= 15 is 0 Å². The van der Waals surface area contributed by atoms with Crippen molar-refractivity contribution in [1.82, 2.24) is 0 Å². The SMILES string of the molecule is CCOc1cccc(N2C(=O)C(=O)/C(=C(/O)c3ccc(F)cc3)C2c2cccc(OC(C)C)c2)c1. The molecular formula is C28H26FNO5. The number of nitrogens with zero attached hydrogens (tertiary/aromatic N) is 1. The maximum absolute atomic E-state index is 13.5. The minimum atomic E-state index is -0.937. The number of halogens is 1. The molecule has 4 rings (SSSR count). The molecule has 6 nitrogen and oxygen atoms in total. The predicted octanol–water partition coefficient (Wildman–Crippen LogP) is 5.64. The Morgan fingerprint density at radius 3 is 2.37 bits per heavy atom. The highest BCUT2D eigenvalue weighted by Gasteiger charge is 2.47. The third kappa shape index (κ3) is 4.89. The molecular weight excluding hydrogens is 449 g/mol. The molecule has 1 aliphatic rings. The second kappa shape index (κ2) is 10.0. The number of ether oxygens (including phenoxy) is 2. The molecule has 1 N–H and O–H groups in total. The van der Waals surface area contributed by atoms with E-state index in [1.165, 1.54) is 29.2 Å². The number of carbonyl (C=O) groups excluding carboxylic acids is 2. The van der Waals surface area contributed by atoms with Gasteiger partial charge in [0.2, 0.25) is 0 Å². The summed E-state index contributed by atoms with van der Waals surface area (Å²) in [5.74, 6) is -1.39. The zero-order valence-corrected chi connectivity index (χ0v) is 19.7. The van der Waals surface area contributed by atoms with E-state index in [-0.39, 0.29) is 23.0 Å². The van der Waals surface area contributed by atoms with Crippen LogP contribution in [0.2, 0.25) is 0 Å². The molecule has 35 heavy (non-hydrogen) atoms. The standard InChI is InChI=1S/C28H26FNO5/c1-4-34-22-9-6-8-21(16-22)30-25(19-7-5-10-23(15-19)35-17(2)3)24(27(32)28(30)33)26(31)18-11-13-20(29)14-12-18/h5-17,25,31H,4H2,1-3H3/b26-24+. The van der Waals surface area contributed by atoms with Crippen molar-refractivity contribution < 1.29 is 28.6 Å². The summed E-state index contributed by atoms with van der Waals surface area (Å²) in [6.45, 7) is 6.08. The number of ketones is 1. The Bertz CT molecular complexity index is 1280. The second-order valence-electron chi connectivity index (χ2n) is 8.35. The molecule has 1 aliphatic heterocycles. The number of anilines is 1. The zero-order chi connectivity index (χ0) is 25.1. The van der Waals surface area contributed by atoms with Crippen LogP contribution in [0, 0.1) is 5.82 Å². The Morgan fingerprint density at radius 2 is 1.69 bits per heavy atom. The molecule has 0 saturated carbocycles. The van der Waals surface area contributed by atoms with E-state index in [2.05, 4.69) is 0 Å². The van der Waals surface area contributed by atoms with Crippen molar-refractivity contribution in [2.75, 3.05) is 11.5 Å². The fraction of sp³-hybridized carbons (Fsp3) is 0.214. The van der Waals surface area contributed by atoms with Gasteiger partial charge in [0.1, 0.15) is 23.1 Å². The van der Waals surface area contributed by atoms with Crippen LogP contribution in [0.25, 0.3) is 5.76 Å². The van der Waals surface area contributed by atoms with Crippen LogP contribution in [0.5, 0.6) is 11.5 Å². The van der Waals surface area contributed by atoms with Gasteiger partial charge >= 0.3 is 0 Å². The quantitative estimate of drug-likeness (QED) is 0.272. The molecule has 7 heteroatoms. The van der Waals surface area contributed by atoms with E-state index in [9.17, 15) is 19.1 Å². The molecule has 0 spiro atoms. The Labute approximate surface area is 203 Å². The lowest BCUT2D eigenvalue weighted by Gasteiger charge is -2.26. The molecule has 0 radical (unpaired) electrons. The molecule has 1 heterocycles. The Kier molecular flexibility index (Phi) is 6.87. The molecule has 180 valence electrons. The molecule has 3 aromatic rings. The molecule has 1 saturated heterocycles. The van der Waals surface area contributed by atoms with Crippen LogP contribution >= 0.6 is 0 Å². The zero-order valence-electron chi connectivity index (χ0n) is 19.7. The third-order valence-corrected chi connectivity index (χ3v) is 5.51. The van der Waals surface area contributed by atoms with E-state index in [4.69, 9.17) is 9.47 Å². The molecule has 0 bridgehead atoms. The first kappa shape index (κ1) is 24.0. The molecule has 3 aromatic carbocycles. The van der Waals surface area contributed by atoms with Gasteiger partial charge in [-0.3, -0.25) is 14.5 Å². The van der Waals surface area contributed by atoms with Crippen molar-refractivity contribution in [3.05, 3.63) is 95.3 Å². The van der Waals surface area contributed by atoms with Gasteiger partial charge in [0.15, 0.2) is 0 Å². The lowest BCUT2D eigenvalue weighted by molar-refractivity contribution is -0.132. The number of aliphatic hydroxyl groups excluding tert-OH is 1. The van der Waals surface area contributed by atoms with E-state index in [0.717, 1.165) is 0 Å². The van der Waals surface area contributed by atoms with Crippen LogP contribution in [0.1, 0.15) is 37.9 Å². The summed E-state index contributed by atoms with van der Waals surface area (Å²) < 4.78 is 24.9. The highest BCUT2D eigenvalue weighted by molar-refractivity contribution is 6.51. The molecule has 1 atom stereocenters. The first-order valence-corrected chi connectivity index (χ1v) is 11.4. The molecule has 1 amide bonds. The summed E-state index contributed by atoms with van der Waals surface area (Å²) in [5, 5.41) is 11.2. The first-order chi connectivity index (χ1) is 16.8. The molecule has 0 aliphatic carbocycles. The maximum atomic E-state index is 13.5. The number of hydrogen-bond acceptors (Lipinski definition) is 5. The third-order valence-electron chi connectivity index (χ3n) is 5.51. The largest absolute Gasteiger partial charge is 0.507 e. The van der Waals surface area contributed by atoms with Crippen LogP contribution in [-0.4, -0.2) is 29.5 Å². The Balaban J connectivity index is 1.92. The van der Waals surface area contributed by atoms with E-state index in [1.54, 1.807) is 48.5 Å². The van der Waals surface area contributed by atoms with Gasteiger partial charge in [0, 0.05) is 17.3 Å².